The average molecular weight is 366 g/mol. The maximum atomic E-state index is 12.9. The third kappa shape index (κ3) is 3.19. The van der Waals surface area contributed by atoms with E-state index >= 15 is 0 Å². The summed E-state index contributed by atoms with van der Waals surface area (Å²) in [6.45, 7) is 0.729. The lowest BCUT2D eigenvalue weighted by Crippen LogP contribution is -2.51. The molecule has 1 aromatic rings. The number of hydrogen-bond acceptors (Lipinski definition) is 3. The number of carbonyl (C=O) groups is 1. The number of rotatable bonds is 5. The van der Waals surface area contributed by atoms with Gasteiger partial charge in [-0.25, -0.2) is 0 Å². The van der Waals surface area contributed by atoms with E-state index in [1.165, 1.54) is 12.7 Å². The zero-order chi connectivity index (χ0) is 17.6. The fourth-order valence-corrected chi connectivity index (χ4v) is 5.23. The molecular weight excluding hydrogens is 341 g/mol. The molecule has 2 bridgehead atoms. The van der Waals surface area contributed by atoms with Crippen molar-refractivity contribution in [2.75, 3.05) is 20.3 Å². The largest absolute Gasteiger partial charge is 0.469 e. The van der Waals surface area contributed by atoms with Crippen molar-refractivity contribution in [2.24, 2.45) is 17.8 Å². The van der Waals surface area contributed by atoms with E-state index in [0.29, 0.717) is 17.0 Å². The number of halogens is 2. The molecule has 2 aliphatic heterocycles. The number of methoxy groups -OCH3 is 1. The first-order valence-corrected chi connectivity index (χ1v) is 9.65. The lowest BCUT2D eigenvalue weighted by atomic mass is 9.76. The molecule has 25 heavy (non-hydrogen) atoms. The van der Waals surface area contributed by atoms with Crippen LogP contribution in [0.4, 0.5) is 4.39 Å². The van der Waals surface area contributed by atoms with Gasteiger partial charge in [-0.1, -0.05) is 23.7 Å². The number of ether oxygens (including phenoxy) is 1. The number of benzene rings is 1. The number of alkyl halides is 1. The molecule has 3 aliphatic rings. The van der Waals surface area contributed by atoms with Gasteiger partial charge in [-0.3, -0.25) is 14.1 Å². The summed E-state index contributed by atoms with van der Waals surface area (Å²) in [6, 6.07) is 8.58. The highest BCUT2D eigenvalue weighted by molar-refractivity contribution is 6.30. The van der Waals surface area contributed by atoms with Gasteiger partial charge in [0.2, 0.25) is 0 Å². The second-order valence-electron chi connectivity index (χ2n) is 7.85. The Bertz CT molecular complexity index is 637. The summed E-state index contributed by atoms with van der Waals surface area (Å²) in [7, 11) is 1.48. The summed E-state index contributed by atoms with van der Waals surface area (Å²) < 4.78 is 18.0. The average Bonchev–Trinajstić information content (AvgIpc) is 3.32. The van der Waals surface area contributed by atoms with Gasteiger partial charge in [-0.2, -0.15) is 0 Å². The van der Waals surface area contributed by atoms with Crippen LogP contribution in [0.3, 0.4) is 0 Å². The molecule has 136 valence electrons. The Kier molecular flexibility index (Phi) is 4.76. The predicted octanol–water partition coefficient (Wildman–Crippen LogP) is 4.06. The molecule has 5 heteroatoms. The van der Waals surface area contributed by atoms with E-state index in [-0.39, 0.29) is 36.4 Å². The smallest absolute Gasteiger partial charge is 0.310 e. The number of hydrogen-bond donors (Lipinski definition) is 0. The molecule has 0 N–H and O–H groups in total. The molecule has 6 atom stereocenters. The molecule has 1 aromatic carbocycles. The zero-order valence-corrected chi connectivity index (χ0v) is 15.3. The first-order chi connectivity index (χ1) is 12.1. The van der Waals surface area contributed by atoms with Crippen molar-refractivity contribution in [3.05, 3.63) is 34.9 Å². The molecule has 1 aliphatic carbocycles. The Morgan fingerprint density at radius 2 is 2.00 bits per heavy atom. The van der Waals surface area contributed by atoms with Gasteiger partial charge in [0.1, 0.15) is 0 Å². The molecule has 0 aromatic heterocycles. The van der Waals surface area contributed by atoms with E-state index in [9.17, 15) is 9.18 Å². The summed E-state index contributed by atoms with van der Waals surface area (Å²) >= 11 is 6.03. The van der Waals surface area contributed by atoms with Gasteiger partial charge in [0.05, 0.1) is 19.7 Å². The third-order valence-corrected chi connectivity index (χ3v) is 6.80. The van der Waals surface area contributed by atoms with Gasteiger partial charge < -0.3 is 4.74 Å². The molecule has 2 heterocycles. The van der Waals surface area contributed by atoms with Crippen LogP contribution in [0.1, 0.15) is 37.2 Å². The van der Waals surface area contributed by atoms with Gasteiger partial charge in [0.25, 0.3) is 0 Å². The third-order valence-electron chi connectivity index (χ3n) is 6.55. The van der Waals surface area contributed by atoms with E-state index in [4.69, 9.17) is 16.3 Å². The second-order valence-corrected chi connectivity index (χ2v) is 8.28. The van der Waals surface area contributed by atoms with Crippen molar-refractivity contribution >= 4 is 17.6 Å². The normalized spacial score (nSPS) is 37.1. The molecule has 0 amide bonds. The lowest BCUT2D eigenvalue weighted by Gasteiger charge is -2.44. The van der Waals surface area contributed by atoms with Crippen LogP contribution in [0, 0.1) is 17.8 Å². The van der Waals surface area contributed by atoms with Crippen LogP contribution < -0.4 is 0 Å². The Hall–Kier alpha value is -1.13. The number of fused-ring (bicyclic) bond motifs is 2. The fraction of sp³-hybridized carbons (Fsp3) is 0.650. The number of carbonyl (C=O) groups excluding carboxylic acids is 1. The highest BCUT2D eigenvalue weighted by Gasteiger charge is 2.52. The summed E-state index contributed by atoms with van der Waals surface area (Å²) in [6.07, 6.45) is 4.11. The molecule has 1 saturated carbocycles. The van der Waals surface area contributed by atoms with Crippen LogP contribution in [-0.2, 0) is 9.53 Å². The van der Waals surface area contributed by atoms with E-state index in [2.05, 4.69) is 4.90 Å². The van der Waals surface area contributed by atoms with Crippen molar-refractivity contribution in [2.45, 2.75) is 43.7 Å². The summed E-state index contributed by atoms with van der Waals surface area (Å²) in [5, 5.41) is 0.713. The van der Waals surface area contributed by atoms with Crippen LogP contribution >= 0.6 is 11.6 Å². The van der Waals surface area contributed by atoms with Crippen LogP contribution in [0.2, 0.25) is 5.02 Å². The van der Waals surface area contributed by atoms with Gasteiger partial charge in [-0.15, -0.1) is 0 Å². The van der Waals surface area contributed by atoms with Crippen LogP contribution in [0.5, 0.6) is 0 Å². The summed E-state index contributed by atoms with van der Waals surface area (Å²) in [5.41, 5.74) is 1.17. The van der Waals surface area contributed by atoms with Crippen LogP contribution in [0.15, 0.2) is 24.3 Å². The SMILES string of the molecule is COC(=O)[C@H]1[C@@H](c2ccc(Cl)cc2)C[C@@H]2CC[C@H]1N2C[C@@H]1C[C@H]1CF. The van der Waals surface area contributed by atoms with Crippen molar-refractivity contribution in [3.63, 3.8) is 0 Å². The standard InChI is InChI=1S/C20H25ClFNO2/c1-25-20(24)19-17(12-2-4-15(21)5-3-12)9-16-6-7-18(19)23(16)11-14-8-13(14)10-22/h2-5,13-14,16-19H,6-11H2,1H3/t13-,14-,16-,17+,18+,19-/m0/s1. The Morgan fingerprint density at radius 1 is 1.24 bits per heavy atom. The second kappa shape index (κ2) is 6.88. The maximum absolute atomic E-state index is 12.9. The van der Waals surface area contributed by atoms with Crippen LogP contribution in [-0.4, -0.2) is 43.3 Å². The summed E-state index contributed by atoms with van der Waals surface area (Å²) in [4.78, 5) is 15.1. The predicted molar refractivity (Wildman–Crippen MR) is 95.4 cm³/mol. The number of nitrogens with zero attached hydrogens (tertiary/aromatic N) is 1. The van der Waals surface area contributed by atoms with Gasteiger partial charge in [0.15, 0.2) is 0 Å². The number of piperidine rings is 1. The van der Waals surface area contributed by atoms with E-state index in [1.54, 1.807) is 0 Å². The minimum Gasteiger partial charge on any atom is -0.469 e. The van der Waals surface area contributed by atoms with Gasteiger partial charge >= 0.3 is 5.97 Å². The molecule has 0 radical (unpaired) electrons. The molecule has 0 unspecified atom stereocenters. The van der Waals surface area contributed by atoms with Crippen molar-refractivity contribution < 1.29 is 13.9 Å². The highest BCUT2D eigenvalue weighted by Crippen LogP contribution is 2.50. The monoisotopic (exact) mass is 365 g/mol. The first-order valence-electron chi connectivity index (χ1n) is 9.27. The molecule has 3 nitrogen and oxygen atoms in total. The van der Waals surface area contributed by atoms with Crippen LogP contribution in [0.25, 0.3) is 0 Å². The lowest BCUT2D eigenvalue weighted by molar-refractivity contribution is -0.150. The Labute approximate surface area is 153 Å². The van der Waals surface area contributed by atoms with Crippen molar-refractivity contribution in [1.29, 1.82) is 0 Å². The zero-order valence-electron chi connectivity index (χ0n) is 14.5. The van der Waals surface area contributed by atoms with E-state index in [0.717, 1.165) is 32.2 Å². The quantitative estimate of drug-likeness (QED) is 0.737. The molecule has 2 saturated heterocycles. The Morgan fingerprint density at radius 3 is 2.64 bits per heavy atom. The van der Waals surface area contributed by atoms with Gasteiger partial charge in [-0.05, 0) is 55.2 Å². The number of esters is 1. The molecule has 3 fully saturated rings. The van der Waals surface area contributed by atoms with Gasteiger partial charge in [0, 0.05) is 29.6 Å². The van der Waals surface area contributed by atoms with Crippen molar-refractivity contribution in [1.82, 2.24) is 4.90 Å². The van der Waals surface area contributed by atoms with E-state index < -0.39 is 0 Å². The molecule has 4 rings (SSSR count). The molecular formula is C20H25ClFNO2. The first kappa shape index (κ1) is 17.3. The van der Waals surface area contributed by atoms with E-state index in [1.807, 2.05) is 24.3 Å². The minimum atomic E-state index is -0.207. The molecule has 0 spiro atoms. The Balaban J connectivity index is 1.58. The highest BCUT2D eigenvalue weighted by atomic mass is 35.5. The maximum Gasteiger partial charge on any atom is 0.310 e. The van der Waals surface area contributed by atoms with Crippen molar-refractivity contribution in [3.8, 4) is 0 Å². The minimum absolute atomic E-state index is 0.117. The fourth-order valence-electron chi connectivity index (χ4n) is 5.10. The summed E-state index contributed by atoms with van der Waals surface area (Å²) in [5.74, 6) is 0.624. The topological polar surface area (TPSA) is 29.5 Å².